The number of hydrogen-bond acceptors (Lipinski definition) is 6. The van der Waals surface area contributed by atoms with Crippen LogP contribution in [-0.4, -0.2) is 28.7 Å². The molecule has 0 aliphatic carbocycles. The minimum absolute atomic E-state index is 0.463. The summed E-state index contributed by atoms with van der Waals surface area (Å²) in [5, 5.41) is 10.4. The van der Waals surface area contributed by atoms with Crippen LogP contribution in [0.25, 0.3) is 0 Å². The molecule has 2 aromatic rings. The zero-order chi connectivity index (χ0) is 13.0. The Labute approximate surface area is 114 Å². The predicted octanol–water partition coefficient (Wildman–Crippen LogP) is 2.47. The van der Waals surface area contributed by atoms with Gasteiger partial charge in [0.2, 0.25) is 5.89 Å². The lowest BCUT2D eigenvalue weighted by atomic mass is 10.4. The number of hydrogen-bond donors (Lipinski definition) is 2. The van der Waals surface area contributed by atoms with Gasteiger partial charge in [-0.2, -0.15) is 4.98 Å². The Kier molecular flexibility index (Phi) is 4.22. The van der Waals surface area contributed by atoms with E-state index in [2.05, 4.69) is 25.8 Å². The van der Waals surface area contributed by atoms with Crippen LogP contribution in [0.15, 0.2) is 16.9 Å². The molecule has 2 aromatic heterocycles. The Hall–Kier alpha value is -1.53. The number of nitrogens with one attached hydrogen (secondary N) is 2. The van der Waals surface area contributed by atoms with Crippen molar-refractivity contribution in [2.24, 2.45) is 0 Å². The molecule has 0 spiro atoms. The second-order valence-corrected chi connectivity index (χ2v) is 4.23. The van der Waals surface area contributed by atoms with Crippen molar-refractivity contribution < 1.29 is 4.52 Å². The van der Waals surface area contributed by atoms with Gasteiger partial charge in [-0.3, -0.25) is 0 Å². The van der Waals surface area contributed by atoms with E-state index in [-0.39, 0.29) is 0 Å². The van der Waals surface area contributed by atoms with Crippen molar-refractivity contribution in [3.05, 3.63) is 28.3 Å². The average Bonchev–Trinajstić information content (AvgIpc) is 2.85. The van der Waals surface area contributed by atoms with Crippen LogP contribution in [0.2, 0.25) is 10.0 Å². The summed E-state index contributed by atoms with van der Waals surface area (Å²) in [6, 6.07) is 1.64. The largest absolute Gasteiger partial charge is 0.372 e. The molecule has 0 saturated heterocycles. The molecule has 6 nitrogen and oxygen atoms in total. The molecule has 0 aliphatic rings. The molecule has 2 heterocycles. The Balaban J connectivity index is 2.00. The first-order valence-electron chi connectivity index (χ1n) is 5.24. The minimum atomic E-state index is 0.463. The number of aromatic nitrogens is 3. The highest BCUT2D eigenvalue weighted by Crippen LogP contribution is 2.28. The fraction of sp³-hybridized carbons (Fsp3) is 0.300. The summed E-state index contributed by atoms with van der Waals surface area (Å²) in [6.07, 6.45) is 1.96. The highest BCUT2D eigenvalue weighted by Gasteiger charge is 2.08. The van der Waals surface area contributed by atoms with Crippen LogP contribution >= 0.6 is 23.2 Å². The third-order valence-corrected chi connectivity index (χ3v) is 2.78. The van der Waals surface area contributed by atoms with Crippen LogP contribution in [-0.2, 0) is 6.42 Å². The smallest absolute Gasteiger partial charge is 0.228 e. The molecule has 0 bridgehead atoms. The van der Waals surface area contributed by atoms with Crippen LogP contribution in [0, 0.1) is 0 Å². The summed E-state index contributed by atoms with van der Waals surface area (Å²) in [4.78, 5) is 8.17. The molecule has 96 valence electrons. The summed E-state index contributed by atoms with van der Waals surface area (Å²) in [6.45, 7) is 0.583. The quantitative estimate of drug-likeness (QED) is 0.880. The third-order valence-electron chi connectivity index (χ3n) is 2.20. The van der Waals surface area contributed by atoms with Crippen LogP contribution in [0.5, 0.6) is 0 Å². The molecule has 0 fully saturated rings. The molecule has 0 amide bonds. The zero-order valence-electron chi connectivity index (χ0n) is 9.57. The van der Waals surface area contributed by atoms with E-state index in [1.165, 1.54) is 6.33 Å². The topological polar surface area (TPSA) is 75.9 Å². The molecular weight excluding hydrogens is 277 g/mol. The van der Waals surface area contributed by atoms with Gasteiger partial charge in [0.15, 0.2) is 6.33 Å². The fourth-order valence-electron chi connectivity index (χ4n) is 1.36. The Bertz CT molecular complexity index is 517. The minimum Gasteiger partial charge on any atom is -0.372 e. The molecule has 18 heavy (non-hydrogen) atoms. The number of rotatable bonds is 5. The Morgan fingerprint density at radius 2 is 2.06 bits per heavy atom. The van der Waals surface area contributed by atoms with Crippen molar-refractivity contribution in [1.29, 1.82) is 0 Å². The summed E-state index contributed by atoms with van der Waals surface area (Å²) in [5.41, 5.74) is 0. The fourth-order valence-corrected chi connectivity index (χ4v) is 1.88. The molecular formula is C10H11Cl2N5O. The summed E-state index contributed by atoms with van der Waals surface area (Å²) < 4.78 is 4.88. The summed E-state index contributed by atoms with van der Waals surface area (Å²) >= 11 is 12.0. The first-order valence-corrected chi connectivity index (χ1v) is 5.99. The molecule has 8 heteroatoms. The maximum atomic E-state index is 6.03. The number of halogens is 2. The van der Waals surface area contributed by atoms with Crippen molar-refractivity contribution in [3.63, 3.8) is 0 Å². The first-order chi connectivity index (χ1) is 8.70. The molecule has 0 aliphatic heterocycles. The van der Waals surface area contributed by atoms with Gasteiger partial charge in [-0.25, -0.2) is 4.98 Å². The van der Waals surface area contributed by atoms with Crippen molar-refractivity contribution in [2.75, 3.05) is 24.2 Å². The van der Waals surface area contributed by atoms with Crippen LogP contribution < -0.4 is 10.6 Å². The van der Waals surface area contributed by atoms with Crippen molar-refractivity contribution in [2.45, 2.75) is 6.42 Å². The number of anilines is 2. The number of pyridine rings is 1. The van der Waals surface area contributed by atoms with Gasteiger partial charge < -0.3 is 15.2 Å². The summed E-state index contributed by atoms with van der Waals surface area (Å²) in [5.74, 6) is 1.69. The standard InChI is InChI=1S/C10H11Cl2N5O/c1-13-9-6(11)4-7(12)10(17-9)14-3-2-8-15-5-16-18-8/h4-5H,2-3H2,1H3,(H2,13,14,17). The molecule has 2 N–H and O–H groups in total. The van der Waals surface area contributed by atoms with Gasteiger partial charge in [0.25, 0.3) is 0 Å². The van der Waals surface area contributed by atoms with E-state index in [0.29, 0.717) is 40.5 Å². The first kappa shape index (κ1) is 12.9. The van der Waals surface area contributed by atoms with Gasteiger partial charge in [0.1, 0.15) is 11.6 Å². The van der Waals surface area contributed by atoms with Crippen LogP contribution in [0.1, 0.15) is 5.89 Å². The van der Waals surface area contributed by atoms with E-state index >= 15 is 0 Å². The summed E-state index contributed by atoms with van der Waals surface area (Å²) in [7, 11) is 1.74. The Morgan fingerprint density at radius 1 is 1.28 bits per heavy atom. The maximum Gasteiger partial charge on any atom is 0.228 e. The van der Waals surface area contributed by atoms with E-state index in [0.717, 1.165) is 0 Å². The molecule has 0 atom stereocenters. The zero-order valence-corrected chi connectivity index (χ0v) is 11.1. The number of nitrogens with zero attached hydrogens (tertiary/aromatic N) is 3. The lowest BCUT2D eigenvalue weighted by molar-refractivity contribution is 0.379. The van der Waals surface area contributed by atoms with Gasteiger partial charge >= 0.3 is 0 Å². The van der Waals surface area contributed by atoms with Gasteiger partial charge in [0.05, 0.1) is 10.0 Å². The van der Waals surface area contributed by atoms with E-state index in [1.807, 2.05) is 0 Å². The van der Waals surface area contributed by atoms with Crippen molar-refractivity contribution >= 4 is 34.8 Å². The van der Waals surface area contributed by atoms with Gasteiger partial charge in [-0.15, -0.1) is 0 Å². The van der Waals surface area contributed by atoms with Gasteiger partial charge in [-0.1, -0.05) is 28.4 Å². The van der Waals surface area contributed by atoms with Crippen LogP contribution in [0.3, 0.4) is 0 Å². The lowest BCUT2D eigenvalue weighted by Crippen LogP contribution is -2.08. The lowest BCUT2D eigenvalue weighted by Gasteiger charge is -2.09. The normalized spacial score (nSPS) is 10.4. The van der Waals surface area contributed by atoms with E-state index in [9.17, 15) is 0 Å². The molecule has 0 saturated carbocycles. The van der Waals surface area contributed by atoms with Gasteiger partial charge in [0, 0.05) is 20.0 Å². The highest BCUT2D eigenvalue weighted by molar-refractivity contribution is 6.37. The van der Waals surface area contributed by atoms with Crippen molar-refractivity contribution in [1.82, 2.24) is 15.1 Å². The molecule has 0 aromatic carbocycles. The van der Waals surface area contributed by atoms with E-state index in [4.69, 9.17) is 27.7 Å². The van der Waals surface area contributed by atoms with Crippen LogP contribution in [0.4, 0.5) is 11.6 Å². The SMILES string of the molecule is CNc1nc(NCCc2ncno2)c(Cl)cc1Cl. The van der Waals surface area contributed by atoms with Gasteiger partial charge in [-0.05, 0) is 6.07 Å². The molecule has 2 rings (SSSR count). The second kappa shape index (κ2) is 5.88. The highest BCUT2D eigenvalue weighted by atomic mass is 35.5. The predicted molar refractivity (Wildman–Crippen MR) is 70.3 cm³/mol. The van der Waals surface area contributed by atoms with Crippen molar-refractivity contribution in [3.8, 4) is 0 Å². The monoisotopic (exact) mass is 287 g/mol. The Morgan fingerprint density at radius 3 is 2.72 bits per heavy atom. The van der Waals surface area contributed by atoms with E-state index in [1.54, 1.807) is 13.1 Å². The second-order valence-electron chi connectivity index (χ2n) is 3.41. The molecule has 0 unspecified atom stereocenters. The third kappa shape index (κ3) is 3.02. The maximum absolute atomic E-state index is 6.03. The van der Waals surface area contributed by atoms with E-state index < -0.39 is 0 Å². The average molecular weight is 288 g/mol. The molecule has 0 radical (unpaired) electrons.